The molecule has 2 fully saturated rings. The van der Waals surface area contributed by atoms with Crippen molar-refractivity contribution < 1.29 is 38.3 Å². The Morgan fingerprint density at radius 2 is 1.58 bits per heavy atom. The predicted octanol–water partition coefficient (Wildman–Crippen LogP) is 5.03. The largest absolute Gasteiger partial charge is 0.370 e. The molecule has 21 heteroatoms. The molecule has 0 bridgehead atoms. The number of hydrogen-bond donors (Lipinski definition) is 6. The number of nitrogens with zero attached hydrogens (tertiary/aromatic N) is 5. The van der Waals surface area contributed by atoms with Crippen LogP contribution in [0.1, 0.15) is 87.4 Å². The summed E-state index contributed by atoms with van der Waals surface area (Å²) in [6.45, 7) is 15.8. The van der Waals surface area contributed by atoms with Gasteiger partial charge in [-0.2, -0.15) is 5.10 Å². The second-order valence-corrected chi connectivity index (χ2v) is 22.6. The smallest absolute Gasteiger partial charge is 0.246 e. The minimum Gasteiger partial charge on any atom is -0.370 e. The molecular formula is C57H70ClN11O8S. The highest BCUT2D eigenvalue weighted by Crippen LogP contribution is 2.40. The van der Waals surface area contributed by atoms with Crippen molar-refractivity contribution in [2.45, 2.75) is 117 Å². The SMILES string of the molecule is C=N/N=C(/C)N1C[C@H](CC(=O)NC[C@H]2NC(=O)[C@@H](C)NC(=O)C[C@@H](Cc3ccc(-c4ccccc4)cc3)NC(=O)[C@@H]3CCCN3C(=O)C(C(C)(C)C)NC(=O)COCCNC2=O)N=C(c2ccc(Cl)cc2)c2c1sc(C)c2C. The van der Waals surface area contributed by atoms with E-state index in [1.807, 2.05) is 106 Å². The van der Waals surface area contributed by atoms with Crippen molar-refractivity contribution in [3.05, 3.63) is 111 Å². The number of nitrogens with one attached hydrogen (secondary N) is 6. The first-order valence-electron chi connectivity index (χ1n) is 26.2. The van der Waals surface area contributed by atoms with Gasteiger partial charge < -0.3 is 46.4 Å². The van der Waals surface area contributed by atoms with Crippen molar-refractivity contribution in [1.29, 1.82) is 0 Å². The van der Waals surface area contributed by atoms with Crippen molar-refractivity contribution in [2.24, 2.45) is 20.6 Å². The summed E-state index contributed by atoms with van der Waals surface area (Å²) >= 11 is 7.87. The van der Waals surface area contributed by atoms with Crippen molar-refractivity contribution in [1.82, 2.24) is 36.8 Å². The number of halogens is 1. The second-order valence-electron chi connectivity index (χ2n) is 20.9. The van der Waals surface area contributed by atoms with E-state index in [1.54, 1.807) is 30.4 Å². The van der Waals surface area contributed by atoms with Gasteiger partial charge in [0.1, 0.15) is 41.6 Å². The molecule has 4 heterocycles. The molecule has 0 saturated carbocycles. The molecule has 3 aromatic carbocycles. The van der Waals surface area contributed by atoms with Gasteiger partial charge in [0.15, 0.2) is 0 Å². The van der Waals surface area contributed by atoms with Gasteiger partial charge in [0.2, 0.25) is 41.4 Å². The third kappa shape index (κ3) is 15.0. The first kappa shape index (κ1) is 58.4. The normalized spacial score (nSPS) is 22.7. The summed E-state index contributed by atoms with van der Waals surface area (Å²) in [7, 11) is 0. The van der Waals surface area contributed by atoms with E-state index >= 15 is 0 Å². The number of carbonyl (C=O) groups is 7. The number of carbonyl (C=O) groups excluding carboxylic acids is 7. The number of aryl methyl sites for hydroxylation is 1. The third-order valence-corrected chi connectivity index (χ3v) is 15.4. The zero-order chi connectivity index (χ0) is 56.3. The zero-order valence-electron chi connectivity index (χ0n) is 45.2. The molecule has 19 nitrogen and oxygen atoms in total. The Morgan fingerprint density at radius 3 is 2.27 bits per heavy atom. The summed E-state index contributed by atoms with van der Waals surface area (Å²) in [5.74, 6) is -3.35. The summed E-state index contributed by atoms with van der Waals surface area (Å²) in [6.07, 6.45) is 0.784. The number of aliphatic imine (C=N–C) groups is 1. The highest BCUT2D eigenvalue weighted by Gasteiger charge is 2.42. The van der Waals surface area contributed by atoms with Crippen molar-refractivity contribution in [3.8, 4) is 11.1 Å². The van der Waals surface area contributed by atoms with Crippen LogP contribution in [0.15, 0.2) is 94.1 Å². The molecule has 3 aliphatic rings. The first-order valence-corrected chi connectivity index (χ1v) is 27.4. The minimum atomic E-state index is -1.34. The number of fused-ring (bicyclic) bond motifs is 2. The van der Waals surface area contributed by atoms with Gasteiger partial charge in [0.25, 0.3) is 0 Å². The summed E-state index contributed by atoms with van der Waals surface area (Å²) in [5, 5.41) is 26.3. The molecule has 78 heavy (non-hydrogen) atoms. The molecule has 1 unspecified atom stereocenters. The number of hydrogen-bond acceptors (Lipinski definition) is 12. The summed E-state index contributed by atoms with van der Waals surface area (Å²) in [5.41, 5.74) is 5.44. The molecule has 2 saturated heterocycles. The van der Waals surface area contributed by atoms with Gasteiger partial charge >= 0.3 is 0 Å². The van der Waals surface area contributed by atoms with Crippen LogP contribution in [0.5, 0.6) is 0 Å². The van der Waals surface area contributed by atoms with E-state index in [-0.39, 0.29) is 45.5 Å². The number of anilines is 1. The molecule has 0 spiro atoms. The van der Waals surface area contributed by atoms with Crippen LogP contribution in [0.3, 0.4) is 0 Å². The topological polar surface area (TPSA) is 244 Å². The third-order valence-electron chi connectivity index (χ3n) is 14.0. The average molecular weight is 1100 g/mol. The molecule has 7 rings (SSSR count). The lowest BCUT2D eigenvalue weighted by Crippen LogP contribution is -2.59. The second kappa shape index (κ2) is 26.4. The van der Waals surface area contributed by atoms with Crippen molar-refractivity contribution in [3.63, 3.8) is 0 Å². The molecule has 7 amide bonds. The molecule has 6 atom stereocenters. The Hall–Kier alpha value is -7.29. The fraction of sp³-hybridized carbons (Fsp3) is 0.439. The Kier molecular flexibility index (Phi) is 19.7. The maximum Gasteiger partial charge on any atom is 0.246 e. The van der Waals surface area contributed by atoms with Crippen LogP contribution < -0.4 is 36.8 Å². The number of ether oxygens (including phenoxy) is 1. The lowest BCUT2D eigenvalue weighted by molar-refractivity contribution is -0.144. The number of benzene rings is 3. The summed E-state index contributed by atoms with van der Waals surface area (Å²) in [6, 6.07) is 19.1. The van der Waals surface area contributed by atoms with E-state index in [0.29, 0.717) is 36.0 Å². The zero-order valence-corrected chi connectivity index (χ0v) is 46.8. The molecule has 0 aliphatic carbocycles. The predicted molar refractivity (Wildman–Crippen MR) is 304 cm³/mol. The van der Waals surface area contributed by atoms with Gasteiger partial charge in [-0.3, -0.25) is 38.6 Å². The van der Waals surface area contributed by atoms with E-state index in [2.05, 4.69) is 48.8 Å². The van der Waals surface area contributed by atoms with E-state index in [1.165, 1.54) is 11.8 Å². The summed E-state index contributed by atoms with van der Waals surface area (Å²) < 4.78 is 5.63. The van der Waals surface area contributed by atoms with Crippen LogP contribution >= 0.6 is 22.9 Å². The fourth-order valence-corrected chi connectivity index (χ4v) is 11.0. The Balaban J connectivity index is 1.11. The van der Waals surface area contributed by atoms with E-state index in [4.69, 9.17) is 21.3 Å². The summed E-state index contributed by atoms with van der Waals surface area (Å²) in [4.78, 5) is 108. The van der Waals surface area contributed by atoms with Crippen molar-refractivity contribution in [2.75, 3.05) is 44.3 Å². The molecule has 0 radical (unpaired) electrons. The number of amidine groups is 1. The maximum absolute atomic E-state index is 14.3. The quantitative estimate of drug-likeness (QED) is 0.0747. The lowest BCUT2D eigenvalue weighted by Gasteiger charge is -2.35. The Labute approximate surface area is 464 Å². The Morgan fingerprint density at radius 1 is 0.885 bits per heavy atom. The number of amides is 7. The van der Waals surface area contributed by atoms with Gasteiger partial charge in [-0.25, -0.2) is 0 Å². The van der Waals surface area contributed by atoms with Crippen LogP contribution in [-0.2, 0) is 44.7 Å². The van der Waals surface area contributed by atoms with Gasteiger partial charge in [0.05, 0.1) is 24.8 Å². The number of rotatable bonds is 9. The van der Waals surface area contributed by atoms with E-state index in [9.17, 15) is 33.6 Å². The standard InChI is InChI=1S/C57H70ClN11O8S/c1-33-35(3)78-56-49(33)50(40-20-22-41(58)23-21-40)63-43(31-69(56)36(4)67-59-8)29-46(70)61-30-44-53(74)60-24-26-77-32-48(72)66-51(57(5,6)7)55(76)68-25-12-15-45(68)54(75)64-42(28-47(71)62-34(2)52(73)65-44)27-37-16-18-39(19-17-37)38-13-10-9-11-14-38/h9-11,13-14,16-23,34,42-45,51H,8,12,15,24-32H2,1-7H3,(H,60,74)(H,61,70)(H,62,71)(H,64,75)(H,65,73)(H,66,72)/b67-36-/t34-,42-,43+,44-,45+,51?/m1/s1. The maximum atomic E-state index is 14.3. The van der Waals surface area contributed by atoms with Crippen molar-refractivity contribution >= 4 is 87.6 Å². The van der Waals surface area contributed by atoms with Gasteiger partial charge in [0, 0.05) is 66.4 Å². The fourth-order valence-electron chi connectivity index (χ4n) is 9.70. The van der Waals surface area contributed by atoms with Gasteiger partial charge in [-0.15, -0.1) is 16.4 Å². The molecule has 3 aliphatic heterocycles. The first-order chi connectivity index (χ1) is 37.2. The molecule has 4 aromatic rings. The van der Waals surface area contributed by atoms with Crippen LogP contribution in [0, 0.1) is 19.3 Å². The van der Waals surface area contributed by atoms with E-state index in [0.717, 1.165) is 43.3 Å². The highest BCUT2D eigenvalue weighted by atomic mass is 35.5. The highest BCUT2D eigenvalue weighted by molar-refractivity contribution is 7.17. The van der Waals surface area contributed by atoms with Crippen LogP contribution in [-0.4, -0.2) is 140 Å². The molecule has 6 N–H and O–H groups in total. The van der Waals surface area contributed by atoms with Gasteiger partial charge in [-0.05, 0) is 86.8 Å². The number of thiophene rings is 1. The lowest BCUT2D eigenvalue weighted by atomic mass is 9.85. The average Bonchev–Trinajstić information content (AvgIpc) is 4.12. The van der Waals surface area contributed by atoms with Crippen LogP contribution in [0.4, 0.5) is 5.00 Å². The van der Waals surface area contributed by atoms with Crippen LogP contribution in [0.25, 0.3) is 11.1 Å². The molecular weight excluding hydrogens is 1030 g/mol. The minimum absolute atomic E-state index is 0.0924. The van der Waals surface area contributed by atoms with Crippen LogP contribution in [0.2, 0.25) is 5.02 Å². The van der Waals surface area contributed by atoms with E-state index < -0.39 is 89.6 Å². The molecule has 414 valence electrons. The Bertz CT molecular complexity index is 2920. The monoisotopic (exact) mass is 1100 g/mol. The van der Waals surface area contributed by atoms with Gasteiger partial charge in [-0.1, -0.05) is 99.1 Å². The molecule has 1 aromatic heterocycles.